The largest absolute Gasteiger partial charge is 0.348 e. The first-order valence-electron chi connectivity index (χ1n) is 6.25. The molecule has 3 rings (SSSR count). The summed E-state index contributed by atoms with van der Waals surface area (Å²) < 4.78 is 0. The van der Waals surface area contributed by atoms with Crippen LogP contribution in [0.25, 0.3) is 10.9 Å². The number of fused-ring (bicyclic) bond motifs is 1. The smallest absolute Gasteiger partial charge is 0.220 e. The number of hydrogen-bond donors (Lipinski definition) is 2. The Morgan fingerprint density at radius 1 is 1.37 bits per heavy atom. The number of carbonyl (C=O) groups excluding carboxylic acids is 1. The highest BCUT2D eigenvalue weighted by Crippen LogP contribution is 2.31. The van der Waals surface area contributed by atoms with Crippen LogP contribution < -0.4 is 11.1 Å². The third-order valence-electron chi connectivity index (χ3n) is 3.53. The number of aromatic nitrogens is 1. The molecule has 1 aromatic carbocycles. The van der Waals surface area contributed by atoms with Crippen LogP contribution in [0.3, 0.4) is 0 Å². The van der Waals surface area contributed by atoms with Gasteiger partial charge < -0.3 is 11.1 Å². The lowest BCUT2D eigenvalue weighted by molar-refractivity contribution is -0.123. The van der Waals surface area contributed by atoms with Gasteiger partial charge in [0.15, 0.2) is 0 Å². The van der Waals surface area contributed by atoms with E-state index in [0.717, 1.165) is 16.5 Å². The molecule has 1 aliphatic rings. The molecular formula is C14H14ClN3O. The van der Waals surface area contributed by atoms with Crippen LogP contribution in [0.1, 0.15) is 24.4 Å². The molecule has 2 atom stereocenters. The van der Waals surface area contributed by atoms with Gasteiger partial charge in [0.2, 0.25) is 5.91 Å². The van der Waals surface area contributed by atoms with Crippen molar-refractivity contribution in [1.82, 2.24) is 10.3 Å². The highest BCUT2D eigenvalue weighted by molar-refractivity contribution is 6.35. The number of nitrogens with one attached hydrogen (secondary N) is 1. The molecule has 0 radical (unpaired) electrons. The second kappa shape index (κ2) is 4.79. The predicted octanol–water partition coefficient (Wildman–Crippen LogP) is 2.17. The first-order valence-corrected chi connectivity index (χ1v) is 6.62. The SMILES string of the molecule is NC1CCC(=O)NC1c1ccc(Cl)c2cccnc12. The second-order valence-corrected chi connectivity index (χ2v) is 5.19. The Kier molecular flexibility index (Phi) is 3.12. The highest BCUT2D eigenvalue weighted by Gasteiger charge is 2.28. The summed E-state index contributed by atoms with van der Waals surface area (Å²) in [6.07, 6.45) is 2.89. The van der Waals surface area contributed by atoms with Crippen LogP contribution >= 0.6 is 11.6 Å². The topological polar surface area (TPSA) is 68.0 Å². The van der Waals surface area contributed by atoms with Gasteiger partial charge in [0.05, 0.1) is 11.6 Å². The van der Waals surface area contributed by atoms with Gasteiger partial charge in [-0.25, -0.2) is 0 Å². The van der Waals surface area contributed by atoms with Gasteiger partial charge in [0.25, 0.3) is 0 Å². The summed E-state index contributed by atoms with van der Waals surface area (Å²) in [5, 5.41) is 4.49. The van der Waals surface area contributed by atoms with E-state index >= 15 is 0 Å². The molecule has 2 aromatic rings. The Balaban J connectivity index is 2.14. The summed E-state index contributed by atoms with van der Waals surface area (Å²) >= 11 is 6.17. The molecule has 2 heterocycles. The number of rotatable bonds is 1. The minimum absolute atomic E-state index is 0.0331. The lowest BCUT2D eigenvalue weighted by atomic mass is 9.91. The van der Waals surface area contributed by atoms with Crippen LogP contribution in [0.5, 0.6) is 0 Å². The summed E-state index contributed by atoms with van der Waals surface area (Å²) in [5.74, 6) is 0.0331. The van der Waals surface area contributed by atoms with Gasteiger partial charge in [-0.3, -0.25) is 9.78 Å². The maximum absolute atomic E-state index is 11.6. The summed E-state index contributed by atoms with van der Waals surface area (Å²) in [4.78, 5) is 16.0. The number of amides is 1. The first-order chi connectivity index (χ1) is 9.16. The van der Waals surface area contributed by atoms with Gasteiger partial charge in [-0.1, -0.05) is 17.7 Å². The van der Waals surface area contributed by atoms with Gasteiger partial charge >= 0.3 is 0 Å². The summed E-state index contributed by atoms with van der Waals surface area (Å²) in [5.41, 5.74) is 7.86. The fraction of sp³-hybridized carbons (Fsp3) is 0.286. The third-order valence-corrected chi connectivity index (χ3v) is 3.86. The van der Waals surface area contributed by atoms with Crippen molar-refractivity contribution in [3.63, 3.8) is 0 Å². The molecule has 0 spiro atoms. The molecule has 0 saturated carbocycles. The Morgan fingerprint density at radius 2 is 2.21 bits per heavy atom. The van der Waals surface area contributed by atoms with Crippen molar-refractivity contribution in [3.05, 3.63) is 41.0 Å². The molecule has 19 heavy (non-hydrogen) atoms. The molecule has 4 nitrogen and oxygen atoms in total. The maximum atomic E-state index is 11.6. The fourth-order valence-corrected chi connectivity index (χ4v) is 2.75. The second-order valence-electron chi connectivity index (χ2n) is 4.78. The number of pyridine rings is 1. The normalized spacial score (nSPS) is 23.4. The molecule has 5 heteroatoms. The zero-order chi connectivity index (χ0) is 13.4. The third kappa shape index (κ3) is 2.17. The van der Waals surface area contributed by atoms with E-state index in [-0.39, 0.29) is 18.0 Å². The minimum atomic E-state index is -0.198. The van der Waals surface area contributed by atoms with Crippen molar-refractivity contribution in [3.8, 4) is 0 Å². The van der Waals surface area contributed by atoms with E-state index in [1.165, 1.54) is 0 Å². The quantitative estimate of drug-likeness (QED) is 0.838. The van der Waals surface area contributed by atoms with E-state index in [0.29, 0.717) is 17.9 Å². The molecule has 1 fully saturated rings. The zero-order valence-electron chi connectivity index (χ0n) is 10.3. The summed E-state index contributed by atoms with van der Waals surface area (Å²) in [7, 11) is 0. The van der Waals surface area contributed by atoms with Crippen molar-refractivity contribution in [1.29, 1.82) is 0 Å². The number of nitrogens with two attached hydrogens (primary N) is 1. The van der Waals surface area contributed by atoms with E-state index in [1.54, 1.807) is 6.20 Å². The number of benzene rings is 1. The van der Waals surface area contributed by atoms with Crippen LogP contribution in [-0.2, 0) is 4.79 Å². The Labute approximate surface area is 116 Å². The van der Waals surface area contributed by atoms with Crippen molar-refractivity contribution < 1.29 is 4.79 Å². The van der Waals surface area contributed by atoms with Crippen LogP contribution in [0.2, 0.25) is 5.02 Å². The van der Waals surface area contributed by atoms with Gasteiger partial charge in [0, 0.05) is 34.6 Å². The lowest BCUT2D eigenvalue weighted by Gasteiger charge is -2.30. The van der Waals surface area contributed by atoms with Gasteiger partial charge in [-0.05, 0) is 24.6 Å². The average molecular weight is 276 g/mol. The Bertz CT molecular complexity index is 644. The van der Waals surface area contributed by atoms with Crippen LogP contribution in [-0.4, -0.2) is 16.9 Å². The summed E-state index contributed by atoms with van der Waals surface area (Å²) in [6.45, 7) is 0. The van der Waals surface area contributed by atoms with Gasteiger partial charge in [-0.2, -0.15) is 0 Å². The predicted molar refractivity (Wildman–Crippen MR) is 74.8 cm³/mol. The molecule has 1 aliphatic heterocycles. The summed E-state index contributed by atoms with van der Waals surface area (Å²) in [6, 6.07) is 7.20. The molecule has 1 aromatic heterocycles. The van der Waals surface area contributed by atoms with E-state index in [9.17, 15) is 4.79 Å². The van der Waals surface area contributed by atoms with E-state index in [4.69, 9.17) is 17.3 Å². The van der Waals surface area contributed by atoms with Crippen molar-refractivity contribution >= 4 is 28.4 Å². The molecule has 2 unspecified atom stereocenters. The van der Waals surface area contributed by atoms with Crippen molar-refractivity contribution in [2.45, 2.75) is 24.9 Å². The number of piperidine rings is 1. The van der Waals surface area contributed by atoms with Crippen LogP contribution in [0.4, 0.5) is 0 Å². The minimum Gasteiger partial charge on any atom is -0.348 e. The monoisotopic (exact) mass is 275 g/mol. The van der Waals surface area contributed by atoms with Gasteiger partial charge in [-0.15, -0.1) is 0 Å². The molecular weight excluding hydrogens is 262 g/mol. The van der Waals surface area contributed by atoms with Crippen LogP contribution in [0, 0.1) is 0 Å². The number of nitrogens with zero attached hydrogens (tertiary/aromatic N) is 1. The fourth-order valence-electron chi connectivity index (χ4n) is 2.54. The van der Waals surface area contributed by atoms with E-state index in [1.807, 2.05) is 24.3 Å². The molecule has 0 aliphatic carbocycles. The molecule has 1 saturated heterocycles. The number of halogens is 1. The van der Waals surface area contributed by atoms with Crippen LogP contribution in [0.15, 0.2) is 30.5 Å². The lowest BCUT2D eigenvalue weighted by Crippen LogP contribution is -2.45. The molecule has 1 amide bonds. The molecule has 98 valence electrons. The molecule has 0 bridgehead atoms. The average Bonchev–Trinajstić information content (AvgIpc) is 2.43. The van der Waals surface area contributed by atoms with Crippen molar-refractivity contribution in [2.24, 2.45) is 5.73 Å². The zero-order valence-corrected chi connectivity index (χ0v) is 11.0. The highest BCUT2D eigenvalue weighted by atomic mass is 35.5. The van der Waals surface area contributed by atoms with E-state index in [2.05, 4.69) is 10.3 Å². The molecule has 3 N–H and O–H groups in total. The van der Waals surface area contributed by atoms with E-state index < -0.39 is 0 Å². The standard InChI is InChI=1S/C14H14ClN3O/c15-10-4-3-9(13-8(10)2-1-7-17-13)14-11(16)5-6-12(19)18-14/h1-4,7,11,14H,5-6,16H2,(H,18,19). The maximum Gasteiger partial charge on any atom is 0.220 e. The first kappa shape index (κ1) is 12.4. The Hall–Kier alpha value is -1.65. The number of hydrogen-bond acceptors (Lipinski definition) is 3. The Morgan fingerprint density at radius 3 is 3.05 bits per heavy atom. The van der Waals surface area contributed by atoms with Gasteiger partial charge in [0.1, 0.15) is 0 Å². The number of carbonyl (C=O) groups is 1. The van der Waals surface area contributed by atoms with Crippen molar-refractivity contribution in [2.75, 3.05) is 0 Å².